The first-order valence-corrected chi connectivity index (χ1v) is 7.26. The molecule has 1 fully saturated rings. The zero-order valence-corrected chi connectivity index (χ0v) is 12.9. The summed E-state index contributed by atoms with van der Waals surface area (Å²) in [4.78, 5) is 22.8. The molecule has 1 aromatic rings. The molecular weight excluding hydrogens is 278 g/mol. The van der Waals surface area contributed by atoms with E-state index in [2.05, 4.69) is 9.97 Å². The molecule has 5 nitrogen and oxygen atoms in total. The average Bonchev–Trinajstić information content (AvgIpc) is 2.47. The molecule has 0 unspecified atom stereocenters. The van der Waals surface area contributed by atoms with Crippen LogP contribution in [0.5, 0.6) is 0 Å². The maximum absolute atomic E-state index is 12.5. The van der Waals surface area contributed by atoms with Gasteiger partial charge in [0, 0.05) is 32.2 Å². The fourth-order valence-corrected chi connectivity index (χ4v) is 2.39. The van der Waals surface area contributed by atoms with Crippen molar-refractivity contribution in [1.82, 2.24) is 14.9 Å². The quantitative estimate of drug-likeness (QED) is 0.860. The molecule has 0 spiro atoms. The summed E-state index contributed by atoms with van der Waals surface area (Å²) in [6.07, 6.45) is 3.21. The van der Waals surface area contributed by atoms with Crippen molar-refractivity contribution >= 4 is 17.5 Å². The molecule has 2 rings (SSSR count). The largest absolute Gasteiger partial charge is 0.381 e. The monoisotopic (exact) mass is 297 g/mol. The lowest BCUT2D eigenvalue weighted by Crippen LogP contribution is -2.41. The van der Waals surface area contributed by atoms with Crippen molar-refractivity contribution in [2.24, 2.45) is 0 Å². The third-order valence-corrected chi connectivity index (χ3v) is 3.82. The number of hydrogen-bond acceptors (Lipinski definition) is 4. The maximum atomic E-state index is 12.5. The molecule has 0 saturated carbocycles. The van der Waals surface area contributed by atoms with Gasteiger partial charge >= 0.3 is 0 Å². The molecule has 0 aliphatic carbocycles. The van der Waals surface area contributed by atoms with Crippen LogP contribution in [-0.4, -0.2) is 47.1 Å². The van der Waals surface area contributed by atoms with Gasteiger partial charge in [0.2, 0.25) is 0 Å². The summed E-state index contributed by atoms with van der Waals surface area (Å²) in [5.74, 6) is 0.650. The van der Waals surface area contributed by atoms with Crippen molar-refractivity contribution in [3.05, 3.63) is 22.7 Å². The van der Waals surface area contributed by atoms with Crippen LogP contribution >= 0.6 is 11.6 Å². The minimum Gasteiger partial charge on any atom is -0.381 e. The van der Waals surface area contributed by atoms with Crippen molar-refractivity contribution in [1.29, 1.82) is 0 Å². The Kier molecular flexibility index (Phi) is 4.94. The van der Waals surface area contributed by atoms with E-state index in [-0.39, 0.29) is 17.9 Å². The fourth-order valence-electron chi connectivity index (χ4n) is 2.21. The minimum atomic E-state index is -0.147. The number of amides is 1. The lowest BCUT2D eigenvalue weighted by molar-refractivity contribution is 0.0358. The van der Waals surface area contributed by atoms with E-state index in [4.69, 9.17) is 16.3 Å². The summed E-state index contributed by atoms with van der Waals surface area (Å²) in [7, 11) is 1.80. The Morgan fingerprint density at radius 3 is 2.70 bits per heavy atom. The van der Waals surface area contributed by atoms with Crippen molar-refractivity contribution in [2.45, 2.75) is 38.6 Å². The van der Waals surface area contributed by atoms with Gasteiger partial charge in [0.05, 0.1) is 11.2 Å². The Morgan fingerprint density at radius 2 is 2.10 bits per heavy atom. The fraction of sp³-hybridized carbons (Fsp3) is 0.643. The van der Waals surface area contributed by atoms with Gasteiger partial charge in [0.15, 0.2) is 5.69 Å². The van der Waals surface area contributed by atoms with E-state index < -0.39 is 0 Å². The number of carbonyl (C=O) groups excluding carboxylic acids is 1. The van der Waals surface area contributed by atoms with Crippen LogP contribution < -0.4 is 0 Å². The van der Waals surface area contributed by atoms with Crippen molar-refractivity contribution in [3.63, 3.8) is 0 Å². The number of hydrogen-bond donors (Lipinski definition) is 0. The zero-order chi connectivity index (χ0) is 14.7. The molecule has 0 radical (unpaired) electrons. The smallest absolute Gasteiger partial charge is 0.274 e. The predicted octanol–water partition coefficient (Wildman–Crippen LogP) is 2.50. The minimum absolute atomic E-state index is 0.147. The first-order valence-electron chi connectivity index (χ1n) is 6.88. The first-order chi connectivity index (χ1) is 9.50. The number of halogens is 1. The second-order valence-corrected chi connectivity index (χ2v) is 5.75. The molecular formula is C14H20ClN3O2. The molecule has 20 heavy (non-hydrogen) atoms. The van der Waals surface area contributed by atoms with Gasteiger partial charge in [-0.2, -0.15) is 0 Å². The van der Waals surface area contributed by atoms with Crippen LogP contribution in [0, 0.1) is 0 Å². The van der Waals surface area contributed by atoms with Crippen LogP contribution in [0.1, 0.15) is 48.9 Å². The summed E-state index contributed by atoms with van der Waals surface area (Å²) in [6, 6.07) is 0.185. The van der Waals surface area contributed by atoms with E-state index >= 15 is 0 Å². The molecule has 1 aliphatic heterocycles. The summed E-state index contributed by atoms with van der Waals surface area (Å²) >= 11 is 6.08. The predicted molar refractivity (Wildman–Crippen MR) is 77.1 cm³/mol. The molecule has 0 aromatic carbocycles. The molecule has 110 valence electrons. The van der Waals surface area contributed by atoms with Gasteiger partial charge in [-0.3, -0.25) is 4.79 Å². The molecule has 2 heterocycles. The van der Waals surface area contributed by atoms with Gasteiger partial charge in [-0.15, -0.1) is 0 Å². The summed E-state index contributed by atoms with van der Waals surface area (Å²) in [5.41, 5.74) is 0.291. The van der Waals surface area contributed by atoms with Crippen molar-refractivity contribution in [2.75, 3.05) is 20.3 Å². The molecule has 0 bridgehead atoms. The summed E-state index contributed by atoms with van der Waals surface area (Å²) in [6.45, 7) is 5.35. The molecule has 1 amide bonds. The van der Waals surface area contributed by atoms with Crippen LogP contribution in [0.4, 0.5) is 0 Å². The van der Waals surface area contributed by atoms with Gasteiger partial charge in [-0.05, 0) is 12.8 Å². The van der Waals surface area contributed by atoms with E-state index in [1.165, 1.54) is 6.20 Å². The number of ether oxygens (including phenoxy) is 1. The highest BCUT2D eigenvalue weighted by Gasteiger charge is 2.26. The number of rotatable bonds is 3. The Labute approximate surface area is 124 Å². The Morgan fingerprint density at radius 1 is 1.45 bits per heavy atom. The van der Waals surface area contributed by atoms with Crippen molar-refractivity contribution in [3.8, 4) is 0 Å². The topological polar surface area (TPSA) is 55.3 Å². The van der Waals surface area contributed by atoms with E-state index in [0.29, 0.717) is 29.8 Å². The molecule has 0 N–H and O–H groups in total. The molecule has 6 heteroatoms. The number of nitrogens with zero attached hydrogens (tertiary/aromatic N) is 3. The first kappa shape index (κ1) is 15.2. The highest BCUT2D eigenvalue weighted by atomic mass is 35.5. The summed E-state index contributed by atoms with van der Waals surface area (Å²) < 4.78 is 5.32. The second-order valence-electron chi connectivity index (χ2n) is 5.34. The van der Waals surface area contributed by atoms with Crippen molar-refractivity contribution < 1.29 is 9.53 Å². The SMILES string of the molecule is CC(C)c1ncc(Cl)c(C(=O)N(C)C2CCOCC2)n1. The highest BCUT2D eigenvalue weighted by molar-refractivity contribution is 6.33. The molecule has 1 aromatic heterocycles. The second kappa shape index (κ2) is 6.50. The highest BCUT2D eigenvalue weighted by Crippen LogP contribution is 2.20. The van der Waals surface area contributed by atoms with Gasteiger partial charge < -0.3 is 9.64 Å². The zero-order valence-electron chi connectivity index (χ0n) is 12.1. The lowest BCUT2D eigenvalue weighted by atomic mass is 10.1. The Hall–Kier alpha value is -1.20. The van der Waals surface area contributed by atoms with Crippen LogP contribution in [0.15, 0.2) is 6.20 Å². The van der Waals surface area contributed by atoms with Gasteiger partial charge in [0.25, 0.3) is 5.91 Å². The Balaban J connectivity index is 2.21. The van der Waals surface area contributed by atoms with Crippen LogP contribution in [0.25, 0.3) is 0 Å². The van der Waals surface area contributed by atoms with Crippen LogP contribution in [0.2, 0.25) is 5.02 Å². The normalized spacial score (nSPS) is 16.4. The van der Waals surface area contributed by atoms with E-state index in [1.54, 1.807) is 11.9 Å². The maximum Gasteiger partial charge on any atom is 0.274 e. The van der Waals surface area contributed by atoms with E-state index in [1.807, 2.05) is 13.8 Å². The molecule has 1 aliphatic rings. The summed E-state index contributed by atoms with van der Waals surface area (Å²) in [5, 5.41) is 0.304. The van der Waals surface area contributed by atoms with Gasteiger partial charge in [0.1, 0.15) is 5.82 Å². The number of carbonyl (C=O) groups is 1. The van der Waals surface area contributed by atoms with Gasteiger partial charge in [-0.1, -0.05) is 25.4 Å². The Bertz CT molecular complexity index is 487. The van der Waals surface area contributed by atoms with E-state index in [0.717, 1.165) is 12.8 Å². The van der Waals surface area contributed by atoms with E-state index in [9.17, 15) is 4.79 Å². The third-order valence-electron chi connectivity index (χ3n) is 3.54. The van der Waals surface area contributed by atoms with Crippen LogP contribution in [-0.2, 0) is 4.74 Å². The molecule has 0 atom stereocenters. The average molecular weight is 298 g/mol. The lowest BCUT2D eigenvalue weighted by Gasteiger charge is -2.31. The standard InChI is InChI=1S/C14H20ClN3O2/c1-9(2)13-16-8-11(15)12(17-13)14(19)18(3)10-4-6-20-7-5-10/h8-10H,4-7H2,1-3H3. The van der Waals surface area contributed by atoms with Gasteiger partial charge in [-0.25, -0.2) is 9.97 Å². The molecule has 1 saturated heterocycles. The van der Waals surface area contributed by atoms with Crippen LogP contribution in [0.3, 0.4) is 0 Å². The number of aromatic nitrogens is 2. The third kappa shape index (κ3) is 3.27.